The van der Waals surface area contributed by atoms with Gasteiger partial charge in [0, 0.05) is 24.8 Å². The Bertz CT molecular complexity index is 668. The van der Waals surface area contributed by atoms with E-state index in [9.17, 15) is 9.18 Å². The van der Waals surface area contributed by atoms with Gasteiger partial charge in [0.15, 0.2) is 0 Å². The number of hydrogen-bond acceptors (Lipinski definition) is 2. The van der Waals surface area contributed by atoms with E-state index in [4.69, 9.17) is 0 Å². The average Bonchev–Trinajstić information content (AvgIpc) is 2.46. The summed E-state index contributed by atoms with van der Waals surface area (Å²) in [6, 6.07) is 10.3. The van der Waals surface area contributed by atoms with Crippen molar-refractivity contribution >= 4 is 11.6 Å². The molecule has 0 aliphatic heterocycles. The lowest BCUT2D eigenvalue weighted by Crippen LogP contribution is -2.17. The second kappa shape index (κ2) is 6.39. The number of benzene rings is 2. The Morgan fingerprint density at radius 1 is 1.10 bits per heavy atom. The number of carbonyl (C=O) groups excluding carboxylic acids is 1. The van der Waals surface area contributed by atoms with Crippen molar-refractivity contribution in [2.75, 3.05) is 12.4 Å². The van der Waals surface area contributed by atoms with Gasteiger partial charge in [0.25, 0.3) is 5.91 Å². The Labute approximate surface area is 124 Å². The number of rotatable bonds is 4. The molecule has 0 atom stereocenters. The predicted octanol–water partition coefficient (Wildman–Crippen LogP) is 3.41. The molecule has 0 aliphatic rings. The highest BCUT2D eigenvalue weighted by atomic mass is 19.1. The van der Waals surface area contributed by atoms with Crippen LogP contribution in [0.5, 0.6) is 0 Å². The molecule has 0 unspecified atom stereocenters. The fourth-order valence-corrected chi connectivity index (χ4v) is 2.20. The van der Waals surface area contributed by atoms with Crippen molar-refractivity contribution in [2.24, 2.45) is 0 Å². The second-order valence-electron chi connectivity index (χ2n) is 5.03. The summed E-state index contributed by atoms with van der Waals surface area (Å²) >= 11 is 0. The monoisotopic (exact) mass is 286 g/mol. The van der Waals surface area contributed by atoms with E-state index >= 15 is 0 Å². The molecule has 2 N–H and O–H groups in total. The fourth-order valence-electron chi connectivity index (χ4n) is 2.20. The van der Waals surface area contributed by atoms with E-state index in [1.54, 1.807) is 19.2 Å². The quantitative estimate of drug-likeness (QED) is 0.904. The summed E-state index contributed by atoms with van der Waals surface area (Å²) in [7, 11) is 1.61. The summed E-state index contributed by atoms with van der Waals surface area (Å²) in [5.74, 6) is -0.318. The SMILES string of the molecule is CNC(=O)c1ccc(NCc2ccc(F)cc2C)c(C)c1. The third kappa shape index (κ3) is 3.60. The molecule has 0 radical (unpaired) electrons. The molecule has 21 heavy (non-hydrogen) atoms. The minimum atomic E-state index is -0.220. The van der Waals surface area contributed by atoms with Crippen LogP contribution >= 0.6 is 0 Å². The molecule has 1 amide bonds. The van der Waals surface area contributed by atoms with Crippen LogP contribution < -0.4 is 10.6 Å². The van der Waals surface area contributed by atoms with Gasteiger partial charge in [-0.25, -0.2) is 4.39 Å². The lowest BCUT2D eigenvalue weighted by atomic mass is 10.1. The molecule has 0 spiro atoms. The van der Waals surface area contributed by atoms with Gasteiger partial charge < -0.3 is 10.6 Å². The molecule has 2 rings (SSSR count). The lowest BCUT2D eigenvalue weighted by Gasteiger charge is -2.12. The van der Waals surface area contributed by atoms with Crippen molar-refractivity contribution in [3.63, 3.8) is 0 Å². The first kappa shape index (κ1) is 15.0. The third-order valence-corrected chi connectivity index (χ3v) is 3.49. The summed E-state index contributed by atoms with van der Waals surface area (Å²) in [5, 5.41) is 5.92. The lowest BCUT2D eigenvalue weighted by molar-refractivity contribution is 0.0963. The van der Waals surface area contributed by atoms with E-state index in [0.717, 1.165) is 22.4 Å². The van der Waals surface area contributed by atoms with Crippen molar-refractivity contribution in [2.45, 2.75) is 20.4 Å². The molecule has 0 aromatic heterocycles. The Hall–Kier alpha value is -2.36. The van der Waals surface area contributed by atoms with Crippen LogP contribution in [0.3, 0.4) is 0 Å². The first-order chi connectivity index (χ1) is 10.0. The van der Waals surface area contributed by atoms with Crippen LogP contribution in [0.2, 0.25) is 0 Å². The van der Waals surface area contributed by atoms with E-state index in [2.05, 4.69) is 10.6 Å². The molecule has 0 bridgehead atoms. The second-order valence-corrected chi connectivity index (χ2v) is 5.03. The number of halogens is 1. The van der Waals surface area contributed by atoms with Gasteiger partial charge in [0.1, 0.15) is 5.82 Å². The number of nitrogens with one attached hydrogen (secondary N) is 2. The maximum absolute atomic E-state index is 13.1. The first-order valence-corrected chi connectivity index (χ1v) is 6.83. The number of amides is 1. The van der Waals surface area contributed by atoms with Gasteiger partial charge in [0.2, 0.25) is 0 Å². The van der Waals surface area contributed by atoms with Crippen molar-refractivity contribution in [3.05, 3.63) is 64.5 Å². The Kier molecular flexibility index (Phi) is 4.58. The van der Waals surface area contributed by atoms with E-state index in [1.807, 2.05) is 26.0 Å². The van der Waals surface area contributed by atoms with Gasteiger partial charge >= 0.3 is 0 Å². The van der Waals surface area contributed by atoms with E-state index in [1.165, 1.54) is 12.1 Å². The van der Waals surface area contributed by atoms with Crippen molar-refractivity contribution in [1.82, 2.24) is 5.32 Å². The van der Waals surface area contributed by atoms with E-state index in [0.29, 0.717) is 12.1 Å². The van der Waals surface area contributed by atoms with Crippen LogP contribution in [-0.2, 0) is 6.54 Å². The van der Waals surface area contributed by atoms with Crippen molar-refractivity contribution in [3.8, 4) is 0 Å². The molecule has 110 valence electrons. The van der Waals surface area contributed by atoms with Gasteiger partial charge in [-0.15, -0.1) is 0 Å². The van der Waals surface area contributed by atoms with Crippen LogP contribution in [-0.4, -0.2) is 13.0 Å². The third-order valence-electron chi connectivity index (χ3n) is 3.49. The summed E-state index contributed by atoms with van der Waals surface area (Å²) in [4.78, 5) is 11.6. The van der Waals surface area contributed by atoms with Gasteiger partial charge in [-0.3, -0.25) is 4.79 Å². The maximum Gasteiger partial charge on any atom is 0.251 e. The molecule has 0 heterocycles. The van der Waals surface area contributed by atoms with Gasteiger partial charge in [-0.05, 0) is 60.9 Å². The number of carbonyl (C=O) groups is 1. The van der Waals surface area contributed by atoms with Crippen LogP contribution in [0.25, 0.3) is 0 Å². The summed E-state index contributed by atoms with van der Waals surface area (Å²) in [6.07, 6.45) is 0. The molecule has 0 saturated carbocycles. The zero-order chi connectivity index (χ0) is 15.4. The molecule has 0 saturated heterocycles. The predicted molar refractivity (Wildman–Crippen MR) is 83.0 cm³/mol. The number of hydrogen-bond donors (Lipinski definition) is 2. The van der Waals surface area contributed by atoms with Crippen molar-refractivity contribution in [1.29, 1.82) is 0 Å². The van der Waals surface area contributed by atoms with Crippen LogP contribution in [0.15, 0.2) is 36.4 Å². The highest BCUT2D eigenvalue weighted by Gasteiger charge is 2.06. The van der Waals surface area contributed by atoms with Gasteiger partial charge in [-0.1, -0.05) is 6.07 Å². The van der Waals surface area contributed by atoms with Crippen LogP contribution in [0.1, 0.15) is 27.0 Å². The van der Waals surface area contributed by atoms with Gasteiger partial charge in [0.05, 0.1) is 0 Å². The molecule has 3 nitrogen and oxygen atoms in total. The summed E-state index contributed by atoms with van der Waals surface area (Å²) < 4.78 is 13.1. The summed E-state index contributed by atoms with van der Waals surface area (Å²) in [6.45, 7) is 4.46. The maximum atomic E-state index is 13.1. The van der Waals surface area contributed by atoms with Crippen LogP contribution in [0, 0.1) is 19.7 Å². The summed E-state index contributed by atoms with van der Waals surface area (Å²) in [5.41, 5.74) is 4.56. The molecule has 0 fully saturated rings. The first-order valence-electron chi connectivity index (χ1n) is 6.83. The molecule has 2 aromatic carbocycles. The Morgan fingerprint density at radius 2 is 1.86 bits per heavy atom. The standard InChI is InChI=1S/C17H19FN2O/c1-11-9-15(18)6-4-14(11)10-20-16-7-5-13(8-12(16)2)17(21)19-3/h4-9,20H,10H2,1-3H3,(H,19,21). The van der Waals surface area contributed by atoms with Gasteiger partial charge in [-0.2, -0.15) is 0 Å². The minimum Gasteiger partial charge on any atom is -0.381 e. The highest BCUT2D eigenvalue weighted by Crippen LogP contribution is 2.19. The number of aryl methyl sites for hydroxylation is 2. The zero-order valence-electron chi connectivity index (χ0n) is 12.5. The smallest absolute Gasteiger partial charge is 0.251 e. The molecular formula is C17H19FN2O. The topological polar surface area (TPSA) is 41.1 Å². The zero-order valence-corrected chi connectivity index (χ0v) is 12.5. The average molecular weight is 286 g/mol. The molecule has 0 aliphatic carbocycles. The minimum absolute atomic E-state index is 0.0981. The van der Waals surface area contributed by atoms with E-state index in [-0.39, 0.29) is 11.7 Å². The fraction of sp³-hybridized carbons (Fsp3) is 0.235. The van der Waals surface area contributed by atoms with Crippen molar-refractivity contribution < 1.29 is 9.18 Å². The largest absolute Gasteiger partial charge is 0.381 e. The van der Waals surface area contributed by atoms with Crippen LogP contribution in [0.4, 0.5) is 10.1 Å². The normalized spacial score (nSPS) is 10.3. The molecule has 2 aromatic rings. The number of anilines is 1. The molecular weight excluding hydrogens is 267 g/mol. The van der Waals surface area contributed by atoms with E-state index < -0.39 is 0 Å². The Morgan fingerprint density at radius 3 is 2.48 bits per heavy atom. The Balaban J connectivity index is 2.11. The molecule has 4 heteroatoms. The highest BCUT2D eigenvalue weighted by molar-refractivity contribution is 5.94.